The molecular weight excluding hydrogens is 358 g/mol. The third-order valence-corrected chi connectivity index (χ3v) is 6.35. The molecule has 0 saturated heterocycles. The Morgan fingerprint density at radius 1 is 1.24 bits per heavy atom. The fraction of sp³-hybridized carbons (Fsp3) is 0.250. The zero-order valence-corrected chi connectivity index (χ0v) is 15.3. The monoisotopic (exact) mass is 373 g/mol. The van der Waals surface area contributed by atoms with E-state index < -0.39 is 11.2 Å². The summed E-state index contributed by atoms with van der Waals surface area (Å²) in [5.74, 6) is 2.21. The van der Waals surface area contributed by atoms with Crippen molar-refractivity contribution < 1.29 is 0 Å². The Bertz CT molecular complexity index is 1130. The number of hydrogen-bond acceptors (Lipinski definition) is 6. The zero-order valence-electron chi connectivity index (χ0n) is 13.6. The maximum Gasteiger partial charge on any atom is 0.329 e. The first-order valence-electron chi connectivity index (χ1n) is 7.61. The molecule has 128 valence electrons. The van der Waals surface area contributed by atoms with Crippen molar-refractivity contribution in [3.8, 4) is 0 Å². The number of nitrogens with zero attached hydrogens (tertiary/aromatic N) is 4. The van der Waals surface area contributed by atoms with E-state index in [1.807, 2.05) is 18.2 Å². The van der Waals surface area contributed by atoms with Crippen molar-refractivity contribution in [1.82, 2.24) is 19.1 Å². The van der Waals surface area contributed by atoms with Gasteiger partial charge in [0.1, 0.15) is 10.2 Å². The van der Waals surface area contributed by atoms with Crippen LogP contribution in [-0.4, -0.2) is 23.5 Å². The van der Waals surface area contributed by atoms with Crippen LogP contribution in [0.15, 0.2) is 38.8 Å². The van der Waals surface area contributed by atoms with E-state index in [2.05, 4.69) is 21.0 Å². The van der Waals surface area contributed by atoms with Gasteiger partial charge in [0.25, 0.3) is 5.56 Å². The Kier molecular flexibility index (Phi) is 4.04. The second-order valence-electron chi connectivity index (χ2n) is 5.66. The normalized spacial score (nSPS) is 13.8. The van der Waals surface area contributed by atoms with Crippen molar-refractivity contribution >= 4 is 44.8 Å². The molecule has 3 heterocycles. The highest BCUT2D eigenvalue weighted by atomic mass is 32.2. The first-order chi connectivity index (χ1) is 12.0. The minimum atomic E-state index is -0.460. The van der Waals surface area contributed by atoms with E-state index in [-0.39, 0.29) is 0 Å². The number of H-pyrrole nitrogens is 1. The Morgan fingerprint density at radius 2 is 2.04 bits per heavy atom. The Morgan fingerprint density at radius 3 is 2.88 bits per heavy atom. The van der Waals surface area contributed by atoms with E-state index in [0.717, 1.165) is 21.6 Å². The van der Waals surface area contributed by atoms with Crippen molar-refractivity contribution in [1.29, 1.82) is 0 Å². The summed E-state index contributed by atoms with van der Waals surface area (Å²) in [4.78, 5) is 35.3. The minimum Gasteiger partial charge on any atom is -0.325 e. The number of aromatic amines is 1. The van der Waals surface area contributed by atoms with Crippen LogP contribution in [0.1, 0.15) is 11.4 Å². The number of imidazole rings is 1. The first-order valence-corrected chi connectivity index (χ1v) is 9.58. The maximum absolute atomic E-state index is 12.1. The summed E-state index contributed by atoms with van der Waals surface area (Å²) < 4.78 is 4.07. The number of rotatable bonds is 2. The van der Waals surface area contributed by atoms with Gasteiger partial charge in [-0.2, -0.15) is 0 Å². The molecule has 0 radical (unpaired) electrons. The second kappa shape index (κ2) is 6.23. The molecule has 9 heteroatoms. The molecule has 0 unspecified atom stereocenters. The largest absolute Gasteiger partial charge is 0.329 e. The van der Waals surface area contributed by atoms with E-state index in [1.165, 1.54) is 10.1 Å². The molecule has 0 amide bonds. The summed E-state index contributed by atoms with van der Waals surface area (Å²) in [6, 6.07) is 8.11. The van der Waals surface area contributed by atoms with E-state index in [4.69, 9.17) is 0 Å². The number of aliphatic imine (C=N–C) groups is 1. The van der Waals surface area contributed by atoms with Crippen LogP contribution in [0.2, 0.25) is 0 Å². The van der Waals surface area contributed by atoms with E-state index in [0.29, 0.717) is 16.9 Å². The smallest absolute Gasteiger partial charge is 0.325 e. The van der Waals surface area contributed by atoms with Crippen LogP contribution in [0, 0.1) is 0 Å². The average Bonchev–Trinajstić information content (AvgIpc) is 2.95. The summed E-state index contributed by atoms with van der Waals surface area (Å²) >= 11 is 3.29. The third-order valence-electron chi connectivity index (χ3n) is 4.11. The van der Waals surface area contributed by atoms with Crippen LogP contribution in [0.5, 0.6) is 0 Å². The molecule has 25 heavy (non-hydrogen) atoms. The van der Waals surface area contributed by atoms with Crippen LogP contribution in [0.4, 0.5) is 5.69 Å². The van der Waals surface area contributed by atoms with Crippen LogP contribution in [-0.2, 0) is 25.6 Å². The summed E-state index contributed by atoms with van der Waals surface area (Å²) in [6.45, 7) is 0. The maximum atomic E-state index is 12.1. The van der Waals surface area contributed by atoms with Gasteiger partial charge in [-0.05, 0) is 11.6 Å². The van der Waals surface area contributed by atoms with Crippen molar-refractivity contribution in [2.75, 3.05) is 0 Å². The van der Waals surface area contributed by atoms with E-state index in [1.54, 1.807) is 42.2 Å². The van der Waals surface area contributed by atoms with E-state index in [9.17, 15) is 9.59 Å². The average molecular weight is 373 g/mol. The molecule has 0 atom stereocenters. The lowest BCUT2D eigenvalue weighted by Gasteiger charge is -2.13. The number of aryl methyl sites for hydroxylation is 2. The van der Waals surface area contributed by atoms with Crippen molar-refractivity contribution in [2.45, 2.75) is 11.5 Å². The highest BCUT2D eigenvalue weighted by molar-refractivity contribution is 8.38. The molecule has 7 nitrogen and oxygen atoms in total. The molecule has 1 aromatic carbocycles. The SMILES string of the molecule is Cn1c(CSC2=Nc3ccccc3CS2)nc2c1c(=O)[nH]c(=O)n2C. The lowest BCUT2D eigenvalue weighted by molar-refractivity contribution is 0.829. The standard InChI is InChI=1S/C16H15N5O2S2/c1-20-11(18-13-12(20)14(22)19-15(23)21(13)2)8-25-16-17-10-6-4-3-5-9(10)7-24-16/h3-6H,7-8H2,1-2H3,(H,19,22,23). The third kappa shape index (κ3) is 2.83. The predicted molar refractivity (Wildman–Crippen MR) is 103 cm³/mol. The summed E-state index contributed by atoms with van der Waals surface area (Å²) in [5.41, 5.74) is 2.17. The first kappa shape index (κ1) is 16.2. The van der Waals surface area contributed by atoms with Gasteiger partial charge in [-0.3, -0.25) is 14.3 Å². The van der Waals surface area contributed by atoms with E-state index >= 15 is 0 Å². The molecule has 1 N–H and O–H groups in total. The predicted octanol–water partition coefficient (Wildman–Crippen LogP) is 2.13. The van der Waals surface area contributed by atoms with Crippen LogP contribution in [0.3, 0.4) is 0 Å². The summed E-state index contributed by atoms with van der Waals surface area (Å²) in [6.07, 6.45) is 0. The molecular formula is C16H15N5O2S2. The molecule has 1 aliphatic heterocycles. The number of thioether (sulfide) groups is 2. The molecule has 3 aromatic rings. The Balaban J connectivity index is 1.64. The number of nitrogens with one attached hydrogen (secondary N) is 1. The van der Waals surface area contributed by atoms with Gasteiger partial charge in [-0.1, -0.05) is 41.7 Å². The van der Waals surface area contributed by atoms with Gasteiger partial charge >= 0.3 is 5.69 Å². The topological polar surface area (TPSA) is 85.0 Å². The molecule has 1 aliphatic rings. The minimum absolute atomic E-state index is 0.399. The molecule has 0 fully saturated rings. The highest BCUT2D eigenvalue weighted by Crippen LogP contribution is 2.35. The van der Waals surface area contributed by atoms with Gasteiger partial charge in [0.05, 0.1) is 11.4 Å². The quantitative estimate of drug-likeness (QED) is 0.744. The molecule has 0 aliphatic carbocycles. The highest BCUT2D eigenvalue weighted by Gasteiger charge is 2.17. The fourth-order valence-corrected chi connectivity index (χ4v) is 4.74. The lowest BCUT2D eigenvalue weighted by Crippen LogP contribution is -2.29. The molecule has 4 rings (SSSR count). The van der Waals surface area contributed by atoms with Gasteiger partial charge in [-0.25, -0.2) is 14.8 Å². The van der Waals surface area contributed by atoms with Gasteiger partial charge in [0.2, 0.25) is 0 Å². The zero-order chi connectivity index (χ0) is 17.6. The second-order valence-corrected chi connectivity index (χ2v) is 7.85. The lowest BCUT2D eigenvalue weighted by atomic mass is 10.2. The fourth-order valence-electron chi connectivity index (χ4n) is 2.69. The molecule has 0 saturated carbocycles. The number of benzene rings is 1. The Labute approximate surface area is 151 Å². The van der Waals surface area contributed by atoms with Crippen molar-refractivity contribution in [2.24, 2.45) is 19.1 Å². The van der Waals surface area contributed by atoms with Gasteiger partial charge in [-0.15, -0.1) is 0 Å². The number of para-hydroxylation sites is 1. The summed E-state index contributed by atoms with van der Waals surface area (Å²) in [7, 11) is 3.39. The number of aromatic nitrogens is 4. The Hall–Kier alpha value is -2.26. The molecule has 2 aromatic heterocycles. The van der Waals surface area contributed by atoms with Crippen LogP contribution < -0.4 is 11.2 Å². The number of fused-ring (bicyclic) bond motifs is 2. The van der Waals surface area contributed by atoms with Crippen molar-refractivity contribution in [3.63, 3.8) is 0 Å². The van der Waals surface area contributed by atoms with Gasteiger partial charge in [0.15, 0.2) is 11.2 Å². The molecule has 0 bridgehead atoms. The van der Waals surface area contributed by atoms with Gasteiger partial charge in [0, 0.05) is 19.8 Å². The number of hydrogen-bond donors (Lipinski definition) is 1. The summed E-state index contributed by atoms with van der Waals surface area (Å²) in [5, 5.41) is 0. The van der Waals surface area contributed by atoms with Crippen LogP contribution >= 0.6 is 23.5 Å². The van der Waals surface area contributed by atoms with Crippen LogP contribution in [0.25, 0.3) is 11.2 Å². The van der Waals surface area contributed by atoms with Crippen molar-refractivity contribution in [3.05, 3.63) is 56.5 Å². The molecule has 0 spiro atoms. The van der Waals surface area contributed by atoms with Gasteiger partial charge < -0.3 is 4.57 Å².